The van der Waals surface area contributed by atoms with E-state index in [1.165, 1.54) is 34.2 Å². The third kappa shape index (κ3) is 4.35. The summed E-state index contributed by atoms with van der Waals surface area (Å²) >= 11 is 3.03. The molecule has 0 radical (unpaired) electrons. The molecule has 0 aliphatic rings. The summed E-state index contributed by atoms with van der Waals surface area (Å²) in [5.41, 5.74) is 4.37. The molecule has 2 aromatic heterocycles. The van der Waals surface area contributed by atoms with Crippen molar-refractivity contribution in [2.24, 2.45) is 0 Å². The van der Waals surface area contributed by atoms with E-state index in [1.54, 1.807) is 0 Å². The second-order valence-electron chi connectivity index (χ2n) is 5.97. The van der Waals surface area contributed by atoms with Gasteiger partial charge < -0.3 is 9.73 Å². The van der Waals surface area contributed by atoms with Crippen molar-refractivity contribution in [3.8, 4) is 11.5 Å². The maximum Gasteiger partial charge on any atom is 0.247 e. The van der Waals surface area contributed by atoms with Crippen LogP contribution in [0.25, 0.3) is 11.5 Å². The molecule has 0 atom stereocenters. The summed E-state index contributed by atoms with van der Waals surface area (Å²) in [5, 5.41) is 20.7. The first-order valence-electron chi connectivity index (χ1n) is 8.36. The normalized spacial score (nSPS) is 10.9. The van der Waals surface area contributed by atoms with Crippen molar-refractivity contribution >= 4 is 33.9 Å². The molecule has 0 aliphatic heterocycles. The summed E-state index contributed by atoms with van der Waals surface area (Å²) in [7, 11) is 0. The first-order valence-corrected chi connectivity index (χ1v) is 10.2. The second-order valence-corrected chi connectivity index (χ2v) is 8.17. The Morgan fingerprint density at radius 2 is 1.85 bits per heavy atom. The molecule has 4 aromatic rings. The van der Waals surface area contributed by atoms with Gasteiger partial charge in [0.05, 0.1) is 5.75 Å². The Kier molecular flexibility index (Phi) is 5.17. The fourth-order valence-corrected chi connectivity index (χ4v) is 4.12. The van der Waals surface area contributed by atoms with Crippen LogP contribution in [0, 0.1) is 13.8 Å². The molecule has 8 heteroatoms. The van der Waals surface area contributed by atoms with Gasteiger partial charge in [0.2, 0.25) is 16.9 Å². The van der Waals surface area contributed by atoms with Crippen molar-refractivity contribution in [2.75, 3.05) is 5.32 Å². The van der Waals surface area contributed by atoms with Gasteiger partial charge >= 0.3 is 0 Å². The standard InChI is InChI=1S/C19H17N5OS2/c1-12-8-9-15(13(2)10-12)20-18-23-24-19(27-18)26-11-16-21-22-17(25-16)14-6-4-3-5-7-14/h3-10H,11H2,1-2H3,(H,20,23). The first-order chi connectivity index (χ1) is 13.2. The molecule has 2 aromatic carbocycles. The minimum atomic E-state index is 0.528. The number of hydrogen-bond acceptors (Lipinski definition) is 8. The highest BCUT2D eigenvalue weighted by Gasteiger charge is 2.11. The Morgan fingerprint density at radius 3 is 2.67 bits per heavy atom. The molecular formula is C19H17N5OS2. The van der Waals surface area contributed by atoms with E-state index in [9.17, 15) is 0 Å². The van der Waals surface area contributed by atoms with Crippen molar-refractivity contribution in [2.45, 2.75) is 23.9 Å². The highest BCUT2D eigenvalue weighted by molar-refractivity contribution is 8.00. The lowest BCUT2D eigenvalue weighted by Crippen LogP contribution is -1.92. The van der Waals surface area contributed by atoms with E-state index in [4.69, 9.17) is 4.42 Å². The zero-order valence-corrected chi connectivity index (χ0v) is 16.5. The topological polar surface area (TPSA) is 76.7 Å². The van der Waals surface area contributed by atoms with Gasteiger partial charge in [-0.15, -0.1) is 20.4 Å². The summed E-state index contributed by atoms with van der Waals surface area (Å²) in [5.74, 6) is 1.65. The van der Waals surface area contributed by atoms with Crippen LogP contribution in [0.15, 0.2) is 57.3 Å². The molecule has 0 saturated carbocycles. The highest BCUT2D eigenvalue weighted by Crippen LogP contribution is 2.31. The Hall–Kier alpha value is -2.71. The molecule has 0 spiro atoms. The fraction of sp³-hybridized carbons (Fsp3) is 0.158. The van der Waals surface area contributed by atoms with Crippen molar-refractivity contribution in [3.63, 3.8) is 0 Å². The Morgan fingerprint density at radius 1 is 1.00 bits per heavy atom. The number of benzene rings is 2. The molecule has 0 fully saturated rings. The number of aromatic nitrogens is 4. The number of nitrogens with zero attached hydrogens (tertiary/aromatic N) is 4. The molecule has 6 nitrogen and oxygen atoms in total. The van der Waals surface area contributed by atoms with Crippen molar-refractivity contribution in [1.82, 2.24) is 20.4 Å². The van der Waals surface area contributed by atoms with Crippen LogP contribution in [-0.2, 0) is 5.75 Å². The zero-order chi connectivity index (χ0) is 18.6. The van der Waals surface area contributed by atoms with E-state index in [2.05, 4.69) is 57.8 Å². The summed E-state index contributed by atoms with van der Waals surface area (Å²) in [6.07, 6.45) is 0. The van der Waals surface area contributed by atoms with Crippen molar-refractivity contribution in [3.05, 3.63) is 65.5 Å². The highest BCUT2D eigenvalue weighted by atomic mass is 32.2. The Bertz CT molecular complexity index is 1050. The molecule has 136 valence electrons. The third-order valence-corrected chi connectivity index (χ3v) is 5.79. The number of rotatable bonds is 6. The van der Waals surface area contributed by atoms with Crippen LogP contribution in [0.4, 0.5) is 10.8 Å². The van der Waals surface area contributed by atoms with E-state index < -0.39 is 0 Å². The number of anilines is 2. The fourth-order valence-electron chi connectivity index (χ4n) is 2.52. The molecule has 0 amide bonds. The van der Waals surface area contributed by atoms with Gasteiger partial charge in [-0.2, -0.15) is 0 Å². The molecule has 27 heavy (non-hydrogen) atoms. The lowest BCUT2D eigenvalue weighted by atomic mass is 10.1. The minimum Gasteiger partial charge on any atom is -0.420 e. The maximum atomic E-state index is 5.72. The van der Waals surface area contributed by atoms with Gasteiger partial charge in [-0.05, 0) is 37.6 Å². The molecule has 0 unspecified atom stereocenters. The average molecular weight is 396 g/mol. The van der Waals surface area contributed by atoms with Crippen LogP contribution in [0.3, 0.4) is 0 Å². The van der Waals surface area contributed by atoms with Crippen LogP contribution in [0.5, 0.6) is 0 Å². The zero-order valence-electron chi connectivity index (χ0n) is 14.8. The predicted molar refractivity (Wildman–Crippen MR) is 108 cm³/mol. The predicted octanol–water partition coefficient (Wildman–Crippen LogP) is 5.24. The smallest absolute Gasteiger partial charge is 0.247 e. The van der Waals surface area contributed by atoms with E-state index in [0.717, 1.165) is 20.7 Å². The largest absolute Gasteiger partial charge is 0.420 e. The molecule has 2 heterocycles. The number of thioether (sulfide) groups is 1. The van der Waals surface area contributed by atoms with Gasteiger partial charge in [-0.25, -0.2) is 0 Å². The molecule has 0 aliphatic carbocycles. The van der Waals surface area contributed by atoms with Gasteiger partial charge in [0.25, 0.3) is 0 Å². The van der Waals surface area contributed by atoms with Gasteiger partial charge in [-0.1, -0.05) is 59.0 Å². The quantitative estimate of drug-likeness (QED) is 0.447. The van der Waals surface area contributed by atoms with Gasteiger partial charge in [0, 0.05) is 11.3 Å². The Balaban J connectivity index is 1.38. The molecule has 0 bridgehead atoms. The summed E-state index contributed by atoms with van der Waals surface area (Å²) in [4.78, 5) is 0. The molecule has 0 saturated heterocycles. The summed E-state index contributed by atoms with van der Waals surface area (Å²) < 4.78 is 6.57. The molecule has 1 N–H and O–H groups in total. The van der Waals surface area contributed by atoms with Crippen molar-refractivity contribution in [1.29, 1.82) is 0 Å². The van der Waals surface area contributed by atoms with E-state index >= 15 is 0 Å². The number of aryl methyl sites for hydroxylation is 2. The van der Waals surface area contributed by atoms with Crippen LogP contribution in [0.1, 0.15) is 17.0 Å². The summed E-state index contributed by atoms with van der Waals surface area (Å²) in [6.45, 7) is 4.16. The number of nitrogens with one attached hydrogen (secondary N) is 1. The van der Waals surface area contributed by atoms with Gasteiger partial charge in [-0.3, -0.25) is 0 Å². The average Bonchev–Trinajstić information content (AvgIpc) is 3.32. The van der Waals surface area contributed by atoms with Gasteiger partial charge in [0.1, 0.15) is 0 Å². The first kappa shape index (κ1) is 17.7. The lowest BCUT2D eigenvalue weighted by Gasteiger charge is -2.06. The van der Waals surface area contributed by atoms with Crippen LogP contribution in [0.2, 0.25) is 0 Å². The summed E-state index contributed by atoms with van der Waals surface area (Å²) in [6, 6.07) is 16.0. The van der Waals surface area contributed by atoms with Crippen LogP contribution >= 0.6 is 23.1 Å². The third-order valence-electron chi connectivity index (χ3n) is 3.84. The van der Waals surface area contributed by atoms with E-state index in [-0.39, 0.29) is 0 Å². The van der Waals surface area contributed by atoms with Crippen LogP contribution in [-0.4, -0.2) is 20.4 Å². The van der Waals surface area contributed by atoms with Crippen molar-refractivity contribution < 1.29 is 4.42 Å². The molecule has 4 rings (SSSR count). The second kappa shape index (κ2) is 7.89. The lowest BCUT2D eigenvalue weighted by molar-refractivity contribution is 0.528. The van der Waals surface area contributed by atoms with Crippen LogP contribution < -0.4 is 5.32 Å². The minimum absolute atomic E-state index is 0.528. The van der Waals surface area contributed by atoms with Gasteiger partial charge in [0.15, 0.2) is 4.34 Å². The van der Waals surface area contributed by atoms with E-state index in [1.807, 2.05) is 30.3 Å². The SMILES string of the molecule is Cc1ccc(Nc2nnc(SCc3nnc(-c4ccccc4)o3)s2)c(C)c1. The molecular weight excluding hydrogens is 378 g/mol. The number of hydrogen-bond donors (Lipinski definition) is 1. The monoisotopic (exact) mass is 395 g/mol. The van der Waals surface area contributed by atoms with E-state index in [0.29, 0.717) is 17.5 Å². The Labute approximate surface area is 165 Å². The maximum absolute atomic E-state index is 5.72.